The van der Waals surface area contributed by atoms with Gasteiger partial charge < -0.3 is 10.4 Å². The fourth-order valence-corrected chi connectivity index (χ4v) is 3.95. The van der Waals surface area contributed by atoms with Crippen LogP contribution in [0.5, 0.6) is 0 Å². The van der Waals surface area contributed by atoms with Crippen LogP contribution in [0.15, 0.2) is 59.8 Å². The van der Waals surface area contributed by atoms with E-state index < -0.39 is 0 Å². The number of aliphatic hydroxyl groups excluding tert-OH is 1. The SMILES string of the molecule is CCCSc1ccc(-c2cnccc2CO)cc1C(=O)NCc1ccc(C)c(F)c1. The van der Waals surface area contributed by atoms with Crippen molar-refractivity contribution >= 4 is 17.7 Å². The van der Waals surface area contributed by atoms with Crippen LogP contribution in [0.4, 0.5) is 4.39 Å². The van der Waals surface area contributed by atoms with Gasteiger partial charge in [0.1, 0.15) is 5.82 Å². The Labute approximate surface area is 180 Å². The Balaban J connectivity index is 1.89. The average Bonchev–Trinajstić information content (AvgIpc) is 2.78. The summed E-state index contributed by atoms with van der Waals surface area (Å²) < 4.78 is 13.8. The summed E-state index contributed by atoms with van der Waals surface area (Å²) in [5.74, 6) is 0.402. The molecule has 156 valence electrons. The van der Waals surface area contributed by atoms with Crippen LogP contribution in [-0.4, -0.2) is 21.8 Å². The van der Waals surface area contributed by atoms with Crippen LogP contribution < -0.4 is 5.32 Å². The molecule has 0 atom stereocenters. The Morgan fingerprint density at radius 2 is 2.03 bits per heavy atom. The molecule has 2 N–H and O–H groups in total. The molecule has 0 aliphatic rings. The third-order valence-corrected chi connectivity index (χ3v) is 6.05. The van der Waals surface area contributed by atoms with E-state index in [2.05, 4.69) is 17.2 Å². The summed E-state index contributed by atoms with van der Waals surface area (Å²) >= 11 is 1.63. The number of thioether (sulfide) groups is 1. The number of aromatic nitrogens is 1. The van der Waals surface area contributed by atoms with E-state index in [9.17, 15) is 14.3 Å². The Bertz CT molecular complexity index is 1040. The Hall–Kier alpha value is -2.70. The quantitative estimate of drug-likeness (QED) is 0.493. The van der Waals surface area contributed by atoms with Gasteiger partial charge in [-0.05, 0) is 65.6 Å². The van der Waals surface area contributed by atoms with E-state index >= 15 is 0 Å². The van der Waals surface area contributed by atoms with Gasteiger partial charge in [0.2, 0.25) is 0 Å². The van der Waals surface area contributed by atoms with E-state index in [1.165, 1.54) is 6.07 Å². The van der Waals surface area contributed by atoms with Gasteiger partial charge in [-0.2, -0.15) is 0 Å². The zero-order valence-electron chi connectivity index (χ0n) is 17.1. The first-order valence-electron chi connectivity index (χ1n) is 9.87. The Kier molecular flexibility index (Phi) is 7.60. The summed E-state index contributed by atoms with van der Waals surface area (Å²) in [6, 6.07) is 12.4. The number of hydrogen-bond donors (Lipinski definition) is 2. The number of hydrogen-bond acceptors (Lipinski definition) is 4. The van der Waals surface area contributed by atoms with Crippen LogP contribution in [0, 0.1) is 12.7 Å². The van der Waals surface area contributed by atoms with Crippen LogP contribution in [0.1, 0.15) is 40.4 Å². The van der Waals surface area contributed by atoms with Crippen molar-refractivity contribution in [1.82, 2.24) is 10.3 Å². The molecule has 0 aliphatic heterocycles. The van der Waals surface area contributed by atoms with Gasteiger partial charge >= 0.3 is 0 Å². The Morgan fingerprint density at radius 1 is 1.20 bits per heavy atom. The number of benzene rings is 2. The lowest BCUT2D eigenvalue weighted by Gasteiger charge is -2.14. The second-order valence-corrected chi connectivity index (χ2v) is 8.15. The summed E-state index contributed by atoms with van der Waals surface area (Å²) in [5.41, 5.74) is 4.21. The smallest absolute Gasteiger partial charge is 0.252 e. The molecular weight excluding hydrogens is 399 g/mol. The molecule has 0 unspecified atom stereocenters. The van der Waals surface area contributed by atoms with Gasteiger partial charge in [0.15, 0.2) is 0 Å². The van der Waals surface area contributed by atoms with Crippen molar-refractivity contribution in [2.75, 3.05) is 5.75 Å². The normalized spacial score (nSPS) is 10.8. The molecule has 0 aliphatic carbocycles. The molecule has 0 bridgehead atoms. The third kappa shape index (κ3) is 5.26. The molecule has 0 radical (unpaired) electrons. The van der Waals surface area contributed by atoms with Crippen molar-refractivity contribution in [3.63, 3.8) is 0 Å². The van der Waals surface area contributed by atoms with Gasteiger partial charge in [-0.25, -0.2) is 4.39 Å². The second-order valence-electron chi connectivity index (χ2n) is 7.02. The topological polar surface area (TPSA) is 62.2 Å². The lowest BCUT2D eigenvalue weighted by Crippen LogP contribution is -2.23. The minimum absolute atomic E-state index is 0.106. The highest BCUT2D eigenvalue weighted by atomic mass is 32.2. The van der Waals surface area contributed by atoms with Gasteiger partial charge in [0.05, 0.1) is 12.2 Å². The first-order valence-corrected chi connectivity index (χ1v) is 10.9. The van der Waals surface area contributed by atoms with Crippen molar-refractivity contribution in [1.29, 1.82) is 0 Å². The molecule has 1 aromatic heterocycles. The molecule has 3 aromatic rings. The molecule has 0 fully saturated rings. The molecular formula is C24H25FN2O2S. The summed E-state index contributed by atoms with van der Waals surface area (Å²) in [5, 5.41) is 12.5. The molecule has 30 heavy (non-hydrogen) atoms. The summed E-state index contributed by atoms with van der Waals surface area (Å²) in [6.07, 6.45) is 4.32. The maximum atomic E-state index is 13.8. The lowest BCUT2D eigenvalue weighted by atomic mass is 10.00. The number of carbonyl (C=O) groups excluding carboxylic acids is 1. The molecule has 1 amide bonds. The summed E-state index contributed by atoms with van der Waals surface area (Å²) in [4.78, 5) is 18.1. The van der Waals surface area contributed by atoms with Crippen LogP contribution in [-0.2, 0) is 13.2 Å². The van der Waals surface area contributed by atoms with Gasteiger partial charge in [0.25, 0.3) is 5.91 Å². The highest BCUT2D eigenvalue weighted by molar-refractivity contribution is 7.99. The van der Waals surface area contributed by atoms with E-state index in [4.69, 9.17) is 0 Å². The number of halogens is 1. The molecule has 0 saturated heterocycles. The standard InChI is InChI=1S/C24H25FN2O2S/c1-3-10-30-23-7-6-18(21-14-26-9-8-19(21)15-28)12-20(23)24(29)27-13-17-5-4-16(2)22(25)11-17/h4-9,11-12,14,28H,3,10,13,15H2,1-2H3,(H,27,29). The van der Waals surface area contributed by atoms with Crippen LogP contribution in [0.3, 0.4) is 0 Å². The number of aliphatic hydroxyl groups is 1. The van der Waals surface area contributed by atoms with Crippen LogP contribution in [0.25, 0.3) is 11.1 Å². The van der Waals surface area contributed by atoms with Crippen molar-refractivity contribution in [2.24, 2.45) is 0 Å². The number of nitrogens with one attached hydrogen (secondary N) is 1. The first kappa shape index (κ1) is 22.0. The average molecular weight is 425 g/mol. The van der Waals surface area contributed by atoms with Crippen molar-refractivity contribution in [2.45, 2.75) is 38.3 Å². The molecule has 0 saturated carbocycles. The lowest BCUT2D eigenvalue weighted by molar-refractivity contribution is 0.0948. The molecule has 4 nitrogen and oxygen atoms in total. The predicted octanol–water partition coefficient (Wildman–Crippen LogP) is 5.12. The predicted molar refractivity (Wildman–Crippen MR) is 119 cm³/mol. The zero-order valence-corrected chi connectivity index (χ0v) is 17.9. The summed E-state index contributed by atoms with van der Waals surface area (Å²) in [7, 11) is 0. The van der Waals surface area contributed by atoms with Crippen molar-refractivity contribution in [3.05, 3.63) is 82.9 Å². The monoisotopic (exact) mass is 424 g/mol. The van der Waals surface area contributed by atoms with Crippen molar-refractivity contribution < 1.29 is 14.3 Å². The number of rotatable bonds is 8. The number of pyridine rings is 1. The number of amides is 1. The van der Waals surface area contributed by atoms with Gasteiger partial charge in [-0.3, -0.25) is 9.78 Å². The maximum Gasteiger partial charge on any atom is 0.252 e. The van der Waals surface area contributed by atoms with E-state index in [0.29, 0.717) is 16.7 Å². The minimum atomic E-state index is -0.281. The Morgan fingerprint density at radius 3 is 2.77 bits per heavy atom. The van der Waals surface area contributed by atoms with Gasteiger partial charge in [-0.15, -0.1) is 11.8 Å². The van der Waals surface area contributed by atoms with E-state index in [-0.39, 0.29) is 24.9 Å². The van der Waals surface area contributed by atoms with E-state index in [1.807, 2.05) is 24.3 Å². The van der Waals surface area contributed by atoms with Gasteiger partial charge in [-0.1, -0.05) is 25.1 Å². The van der Waals surface area contributed by atoms with Crippen molar-refractivity contribution in [3.8, 4) is 11.1 Å². The maximum absolute atomic E-state index is 13.8. The fraction of sp³-hybridized carbons (Fsp3) is 0.250. The first-order chi connectivity index (χ1) is 14.5. The van der Waals surface area contributed by atoms with Gasteiger partial charge in [0, 0.05) is 29.4 Å². The molecule has 3 rings (SSSR count). The molecule has 6 heteroatoms. The molecule has 2 aromatic carbocycles. The zero-order chi connectivity index (χ0) is 21.5. The van der Waals surface area contributed by atoms with E-state index in [1.54, 1.807) is 43.2 Å². The highest BCUT2D eigenvalue weighted by Crippen LogP contribution is 2.30. The number of carbonyl (C=O) groups is 1. The fourth-order valence-electron chi connectivity index (χ4n) is 3.06. The summed E-state index contributed by atoms with van der Waals surface area (Å²) in [6.45, 7) is 3.94. The molecule has 0 spiro atoms. The second kappa shape index (κ2) is 10.4. The van der Waals surface area contributed by atoms with E-state index in [0.717, 1.165) is 33.8 Å². The van der Waals surface area contributed by atoms with Crippen LogP contribution >= 0.6 is 11.8 Å². The van der Waals surface area contributed by atoms with Crippen LogP contribution in [0.2, 0.25) is 0 Å². The highest BCUT2D eigenvalue weighted by Gasteiger charge is 2.15. The largest absolute Gasteiger partial charge is 0.392 e. The molecule has 1 heterocycles. The third-order valence-electron chi connectivity index (χ3n) is 4.77. The minimum Gasteiger partial charge on any atom is -0.392 e. The number of aryl methyl sites for hydroxylation is 1. The number of nitrogens with zero attached hydrogens (tertiary/aromatic N) is 1.